The van der Waals surface area contributed by atoms with Crippen molar-refractivity contribution in [3.8, 4) is 5.75 Å². The van der Waals surface area contributed by atoms with Gasteiger partial charge in [-0.25, -0.2) is 9.67 Å². The first-order chi connectivity index (χ1) is 9.61. The van der Waals surface area contributed by atoms with Gasteiger partial charge in [-0.15, -0.1) is 0 Å². The highest BCUT2D eigenvalue weighted by Crippen LogP contribution is 2.18. The standard InChI is InChI=1S/C14H18N4O2/c1-10(2)8-18-14(16-9-17-18)6-12(19)11-4-5-15-7-13(11)20-3/h4-5,7,9-10H,6,8H2,1-3H3. The average molecular weight is 274 g/mol. The van der Waals surface area contributed by atoms with E-state index in [1.807, 2.05) is 0 Å². The number of nitrogens with zero attached hydrogens (tertiary/aromatic N) is 4. The normalized spacial score (nSPS) is 10.8. The molecule has 0 bridgehead atoms. The zero-order valence-corrected chi connectivity index (χ0v) is 11.9. The van der Waals surface area contributed by atoms with Crippen molar-refractivity contribution in [1.29, 1.82) is 0 Å². The van der Waals surface area contributed by atoms with Crippen molar-refractivity contribution in [2.45, 2.75) is 26.8 Å². The Balaban J connectivity index is 2.18. The largest absolute Gasteiger partial charge is 0.494 e. The number of aromatic nitrogens is 4. The minimum absolute atomic E-state index is 0.0535. The monoisotopic (exact) mass is 274 g/mol. The van der Waals surface area contributed by atoms with Crippen molar-refractivity contribution in [3.05, 3.63) is 36.2 Å². The van der Waals surface area contributed by atoms with Gasteiger partial charge in [-0.05, 0) is 12.0 Å². The Morgan fingerprint density at radius 2 is 2.25 bits per heavy atom. The Morgan fingerprint density at radius 3 is 2.95 bits per heavy atom. The molecular weight excluding hydrogens is 256 g/mol. The zero-order chi connectivity index (χ0) is 14.5. The summed E-state index contributed by atoms with van der Waals surface area (Å²) >= 11 is 0. The summed E-state index contributed by atoms with van der Waals surface area (Å²) in [7, 11) is 1.52. The number of carbonyl (C=O) groups excluding carboxylic acids is 1. The third-order valence-corrected chi connectivity index (χ3v) is 2.86. The number of methoxy groups -OCH3 is 1. The molecule has 6 nitrogen and oxygen atoms in total. The minimum Gasteiger partial charge on any atom is -0.494 e. The van der Waals surface area contributed by atoms with Crippen LogP contribution in [-0.2, 0) is 13.0 Å². The first kappa shape index (κ1) is 14.2. The second-order valence-electron chi connectivity index (χ2n) is 4.93. The summed E-state index contributed by atoms with van der Waals surface area (Å²) in [5.41, 5.74) is 0.515. The van der Waals surface area contributed by atoms with Crippen LogP contribution < -0.4 is 4.74 Å². The molecule has 0 amide bonds. The molecule has 0 aliphatic heterocycles. The lowest BCUT2D eigenvalue weighted by atomic mass is 10.1. The van der Waals surface area contributed by atoms with Crippen LogP contribution in [0.15, 0.2) is 24.8 Å². The van der Waals surface area contributed by atoms with Crippen LogP contribution in [0.1, 0.15) is 30.0 Å². The van der Waals surface area contributed by atoms with Crippen LogP contribution in [0, 0.1) is 5.92 Å². The number of rotatable bonds is 6. The molecule has 0 saturated carbocycles. The Kier molecular flexibility index (Phi) is 4.45. The summed E-state index contributed by atoms with van der Waals surface area (Å²) in [5, 5.41) is 4.16. The van der Waals surface area contributed by atoms with Crippen molar-refractivity contribution in [3.63, 3.8) is 0 Å². The van der Waals surface area contributed by atoms with E-state index in [2.05, 4.69) is 28.9 Å². The van der Waals surface area contributed by atoms with Gasteiger partial charge in [0.2, 0.25) is 0 Å². The molecule has 0 saturated heterocycles. The summed E-state index contributed by atoms with van der Waals surface area (Å²) in [6.07, 6.45) is 4.79. The average Bonchev–Trinajstić information content (AvgIpc) is 2.85. The smallest absolute Gasteiger partial charge is 0.174 e. The van der Waals surface area contributed by atoms with Gasteiger partial charge in [-0.2, -0.15) is 5.10 Å². The highest BCUT2D eigenvalue weighted by molar-refractivity contribution is 5.99. The Hall–Kier alpha value is -2.24. The molecule has 0 atom stereocenters. The molecule has 2 rings (SSSR count). The topological polar surface area (TPSA) is 69.9 Å². The summed E-state index contributed by atoms with van der Waals surface area (Å²) in [6, 6.07) is 1.66. The number of carbonyl (C=O) groups is 1. The second kappa shape index (κ2) is 6.27. The molecule has 0 aliphatic rings. The van der Waals surface area contributed by atoms with Gasteiger partial charge in [0.25, 0.3) is 0 Å². The molecule has 0 spiro atoms. The fourth-order valence-corrected chi connectivity index (χ4v) is 1.94. The third-order valence-electron chi connectivity index (χ3n) is 2.86. The molecule has 2 aromatic heterocycles. The molecule has 0 aliphatic carbocycles. The predicted octanol–water partition coefficient (Wildman–Crippen LogP) is 1.76. The van der Waals surface area contributed by atoms with Crippen LogP contribution in [-0.4, -0.2) is 32.6 Å². The van der Waals surface area contributed by atoms with E-state index < -0.39 is 0 Å². The van der Waals surface area contributed by atoms with Gasteiger partial charge in [0.15, 0.2) is 5.78 Å². The van der Waals surface area contributed by atoms with Gasteiger partial charge in [0.05, 0.1) is 25.3 Å². The van der Waals surface area contributed by atoms with Crippen LogP contribution in [0.3, 0.4) is 0 Å². The molecule has 20 heavy (non-hydrogen) atoms. The van der Waals surface area contributed by atoms with Crippen LogP contribution in [0.5, 0.6) is 5.75 Å². The molecule has 2 aromatic rings. The van der Waals surface area contributed by atoms with Crippen molar-refractivity contribution < 1.29 is 9.53 Å². The maximum Gasteiger partial charge on any atom is 0.174 e. The fraction of sp³-hybridized carbons (Fsp3) is 0.429. The first-order valence-electron chi connectivity index (χ1n) is 6.49. The van der Waals surface area contributed by atoms with E-state index >= 15 is 0 Å². The van der Waals surface area contributed by atoms with Crippen molar-refractivity contribution in [2.75, 3.05) is 7.11 Å². The molecule has 0 N–H and O–H groups in total. The van der Waals surface area contributed by atoms with E-state index in [0.717, 1.165) is 6.54 Å². The Bertz CT molecular complexity index is 592. The molecule has 0 aromatic carbocycles. The molecule has 6 heteroatoms. The van der Waals surface area contributed by atoms with Gasteiger partial charge < -0.3 is 4.74 Å². The highest BCUT2D eigenvalue weighted by Gasteiger charge is 2.16. The minimum atomic E-state index is -0.0535. The SMILES string of the molecule is COc1cnccc1C(=O)Cc1ncnn1CC(C)C. The van der Waals surface area contributed by atoms with E-state index in [1.54, 1.807) is 16.9 Å². The van der Waals surface area contributed by atoms with E-state index in [1.165, 1.54) is 19.6 Å². The number of pyridine rings is 1. The van der Waals surface area contributed by atoms with Gasteiger partial charge in [-0.3, -0.25) is 9.78 Å². The summed E-state index contributed by atoms with van der Waals surface area (Å²) in [4.78, 5) is 20.4. The fourth-order valence-electron chi connectivity index (χ4n) is 1.94. The zero-order valence-electron chi connectivity index (χ0n) is 11.9. The number of hydrogen-bond donors (Lipinski definition) is 0. The van der Waals surface area contributed by atoms with Crippen molar-refractivity contribution in [2.24, 2.45) is 5.92 Å². The van der Waals surface area contributed by atoms with Gasteiger partial charge in [0, 0.05) is 12.7 Å². The maximum atomic E-state index is 12.3. The highest BCUT2D eigenvalue weighted by atomic mass is 16.5. The van der Waals surface area contributed by atoms with Crippen LogP contribution in [0.4, 0.5) is 0 Å². The van der Waals surface area contributed by atoms with Crippen molar-refractivity contribution in [1.82, 2.24) is 19.7 Å². The Labute approximate surface area is 117 Å². The lowest BCUT2D eigenvalue weighted by Gasteiger charge is -2.09. The van der Waals surface area contributed by atoms with E-state index in [0.29, 0.717) is 23.1 Å². The van der Waals surface area contributed by atoms with E-state index in [9.17, 15) is 4.79 Å². The maximum absolute atomic E-state index is 12.3. The van der Waals surface area contributed by atoms with Gasteiger partial charge in [-0.1, -0.05) is 13.8 Å². The van der Waals surface area contributed by atoms with Crippen LogP contribution in [0.2, 0.25) is 0 Å². The number of ketones is 1. The van der Waals surface area contributed by atoms with Crippen LogP contribution in [0.25, 0.3) is 0 Å². The first-order valence-corrected chi connectivity index (χ1v) is 6.49. The summed E-state index contributed by atoms with van der Waals surface area (Å²) in [6.45, 7) is 4.94. The molecule has 2 heterocycles. The molecule has 0 unspecified atom stereocenters. The number of Topliss-reactive ketones (excluding diaryl/α,β-unsaturated/α-hetero) is 1. The van der Waals surface area contributed by atoms with Crippen LogP contribution >= 0.6 is 0 Å². The quantitative estimate of drug-likeness (QED) is 0.751. The summed E-state index contributed by atoms with van der Waals surface area (Å²) < 4.78 is 6.93. The number of ether oxygens (including phenoxy) is 1. The van der Waals surface area contributed by atoms with E-state index in [4.69, 9.17) is 4.74 Å². The second-order valence-corrected chi connectivity index (χ2v) is 4.93. The van der Waals surface area contributed by atoms with Crippen molar-refractivity contribution >= 4 is 5.78 Å². The number of hydrogen-bond acceptors (Lipinski definition) is 5. The Morgan fingerprint density at radius 1 is 1.45 bits per heavy atom. The predicted molar refractivity (Wildman–Crippen MR) is 73.7 cm³/mol. The lowest BCUT2D eigenvalue weighted by Crippen LogP contribution is -2.14. The van der Waals surface area contributed by atoms with Gasteiger partial charge in [0.1, 0.15) is 17.9 Å². The molecule has 0 radical (unpaired) electrons. The lowest BCUT2D eigenvalue weighted by molar-refractivity contribution is 0.0986. The molecule has 106 valence electrons. The molecular formula is C14H18N4O2. The van der Waals surface area contributed by atoms with Gasteiger partial charge >= 0.3 is 0 Å². The van der Waals surface area contributed by atoms with E-state index in [-0.39, 0.29) is 12.2 Å². The third kappa shape index (κ3) is 3.20. The molecule has 0 fully saturated rings. The summed E-state index contributed by atoms with van der Waals surface area (Å²) in [5.74, 6) is 1.54.